The summed E-state index contributed by atoms with van der Waals surface area (Å²) in [6.45, 7) is 0.839. The topological polar surface area (TPSA) is 18.5 Å². The highest BCUT2D eigenvalue weighted by Gasteiger charge is 2.31. The molecule has 0 aromatic heterocycles. The molecule has 1 aromatic carbocycles. The van der Waals surface area contributed by atoms with Crippen molar-refractivity contribution in [2.75, 3.05) is 6.61 Å². The van der Waals surface area contributed by atoms with Crippen LogP contribution in [0, 0.1) is 0 Å². The number of aryl methyl sites for hydroxylation is 1. The van der Waals surface area contributed by atoms with Crippen LogP contribution in [0.3, 0.4) is 0 Å². The van der Waals surface area contributed by atoms with Crippen molar-refractivity contribution in [3.05, 3.63) is 35.4 Å². The number of ether oxygens (including phenoxy) is 2. The largest absolute Gasteiger partial charge is 0.353 e. The number of halogens is 1. The van der Waals surface area contributed by atoms with Crippen molar-refractivity contribution < 1.29 is 9.47 Å². The molecule has 0 spiro atoms. The molecule has 1 heterocycles. The van der Waals surface area contributed by atoms with Gasteiger partial charge in [0.15, 0.2) is 6.29 Å². The van der Waals surface area contributed by atoms with Crippen molar-refractivity contribution >= 4 is 15.9 Å². The van der Waals surface area contributed by atoms with E-state index in [4.69, 9.17) is 9.47 Å². The van der Waals surface area contributed by atoms with Crippen molar-refractivity contribution in [3.63, 3.8) is 0 Å². The zero-order chi connectivity index (χ0) is 12.4. The average Bonchev–Trinajstić information content (AvgIpc) is 2.43. The summed E-state index contributed by atoms with van der Waals surface area (Å²) in [6, 6.07) is 8.62. The lowest BCUT2D eigenvalue weighted by Gasteiger charge is -2.34. The van der Waals surface area contributed by atoms with Gasteiger partial charge in [-0.05, 0) is 43.2 Å². The van der Waals surface area contributed by atoms with Crippen molar-refractivity contribution in [1.82, 2.24) is 0 Å². The van der Waals surface area contributed by atoms with Crippen LogP contribution in [0.4, 0.5) is 0 Å². The fourth-order valence-corrected chi connectivity index (χ4v) is 3.46. The average molecular weight is 311 g/mol. The van der Waals surface area contributed by atoms with E-state index in [0.29, 0.717) is 4.83 Å². The molecule has 1 aromatic rings. The summed E-state index contributed by atoms with van der Waals surface area (Å²) in [5.41, 5.74) is 2.76. The zero-order valence-corrected chi connectivity index (χ0v) is 12.1. The van der Waals surface area contributed by atoms with Crippen LogP contribution in [0.15, 0.2) is 24.3 Å². The van der Waals surface area contributed by atoms with Gasteiger partial charge in [0.2, 0.25) is 0 Å². The lowest BCUT2D eigenvalue weighted by atomic mass is 9.89. The molecule has 1 aliphatic heterocycles. The Hall–Kier alpha value is -0.380. The molecule has 3 rings (SSSR count). The van der Waals surface area contributed by atoms with Crippen molar-refractivity contribution in [1.29, 1.82) is 0 Å². The SMILES string of the molecule is BrC1CCc2ccccc2C1OC1CCCCO1. The Balaban J connectivity index is 1.77. The Labute approximate surface area is 117 Å². The number of hydrogen-bond donors (Lipinski definition) is 0. The molecule has 3 atom stereocenters. The quantitative estimate of drug-likeness (QED) is 0.769. The van der Waals surface area contributed by atoms with E-state index in [1.165, 1.54) is 24.0 Å². The van der Waals surface area contributed by atoms with Gasteiger partial charge in [0.1, 0.15) is 0 Å². The summed E-state index contributed by atoms with van der Waals surface area (Å²) in [4.78, 5) is 0.401. The van der Waals surface area contributed by atoms with E-state index in [1.807, 2.05) is 0 Å². The maximum atomic E-state index is 6.20. The standard InChI is InChI=1S/C15H19BrO2/c16-13-9-8-11-5-1-2-6-12(11)15(13)18-14-7-3-4-10-17-14/h1-2,5-6,13-15H,3-4,7-10H2. The van der Waals surface area contributed by atoms with E-state index in [1.54, 1.807) is 0 Å². The molecule has 98 valence electrons. The van der Waals surface area contributed by atoms with Crippen LogP contribution in [0.5, 0.6) is 0 Å². The molecular weight excluding hydrogens is 292 g/mol. The Morgan fingerprint density at radius 1 is 1.17 bits per heavy atom. The molecule has 2 nitrogen and oxygen atoms in total. The second-order valence-corrected chi connectivity index (χ2v) is 6.28. The third-order valence-electron chi connectivity index (χ3n) is 3.82. The zero-order valence-electron chi connectivity index (χ0n) is 10.5. The number of hydrogen-bond acceptors (Lipinski definition) is 2. The number of alkyl halides is 1. The molecule has 0 N–H and O–H groups in total. The highest BCUT2D eigenvalue weighted by molar-refractivity contribution is 9.09. The van der Waals surface area contributed by atoms with Gasteiger partial charge >= 0.3 is 0 Å². The lowest BCUT2D eigenvalue weighted by Crippen LogP contribution is -2.30. The Morgan fingerprint density at radius 3 is 2.89 bits per heavy atom. The van der Waals surface area contributed by atoms with Crippen molar-refractivity contribution in [2.24, 2.45) is 0 Å². The highest BCUT2D eigenvalue weighted by Crippen LogP contribution is 2.38. The first-order valence-electron chi connectivity index (χ1n) is 6.83. The van der Waals surface area contributed by atoms with Crippen LogP contribution >= 0.6 is 15.9 Å². The second kappa shape index (κ2) is 5.72. The summed E-state index contributed by atoms with van der Waals surface area (Å²) in [7, 11) is 0. The lowest BCUT2D eigenvalue weighted by molar-refractivity contribution is -0.190. The molecule has 1 fully saturated rings. The molecule has 18 heavy (non-hydrogen) atoms. The summed E-state index contributed by atoms with van der Waals surface area (Å²) in [5, 5.41) is 0. The van der Waals surface area contributed by atoms with Gasteiger partial charge in [-0.3, -0.25) is 0 Å². The molecule has 1 saturated heterocycles. The van der Waals surface area contributed by atoms with Crippen molar-refractivity contribution in [2.45, 2.75) is 49.3 Å². The van der Waals surface area contributed by atoms with Crippen molar-refractivity contribution in [3.8, 4) is 0 Å². The van der Waals surface area contributed by atoms with Gasteiger partial charge < -0.3 is 9.47 Å². The number of rotatable bonds is 2. The normalized spacial score (nSPS) is 31.9. The molecule has 2 aliphatic rings. The fourth-order valence-electron chi connectivity index (χ4n) is 2.82. The molecule has 3 unspecified atom stereocenters. The van der Waals surface area contributed by atoms with Gasteiger partial charge in [-0.25, -0.2) is 0 Å². The monoisotopic (exact) mass is 310 g/mol. The van der Waals surface area contributed by atoms with Gasteiger partial charge in [-0.1, -0.05) is 40.2 Å². The Kier molecular flexibility index (Phi) is 4.02. The number of fused-ring (bicyclic) bond motifs is 1. The van der Waals surface area contributed by atoms with Crippen LogP contribution in [0.1, 0.15) is 42.9 Å². The third-order valence-corrected chi connectivity index (χ3v) is 4.75. The van der Waals surface area contributed by atoms with E-state index in [-0.39, 0.29) is 12.4 Å². The maximum absolute atomic E-state index is 6.20. The van der Waals surface area contributed by atoms with Crippen LogP contribution in [0.25, 0.3) is 0 Å². The second-order valence-electron chi connectivity index (χ2n) is 5.11. The van der Waals surface area contributed by atoms with Gasteiger partial charge in [-0.2, -0.15) is 0 Å². The third kappa shape index (κ3) is 2.63. The fraction of sp³-hybridized carbons (Fsp3) is 0.600. The van der Waals surface area contributed by atoms with E-state index >= 15 is 0 Å². The first kappa shape index (κ1) is 12.6. The molecule has 0 radical (unpaired) electrons. The predicted octanol–water partition coefficient (Wildman–Crippen LogP) is 3.98. The predicted molar refractivity (Wildman–Crippen MR) is 74.9 cm³/mol. The summed E-state index contributed by atoms with van der Waals surface area (Å²) in [6.07, 6.45) is 5.79. The van der Waals surface area contributed by atoms with Gasteiger partial charge in [0, 0.05) is 11.4 Å². The first-order valence-corrected chi connectivity index (χ1v) is 7.75. The molecule has 0 amide bonds. The van der Waals surface area contributed by atoms with Gasteiger partial charge in [0.05, 0.1) is 6.10 Å². The maximum Gasteiger partial charge on any atom is 0.158 e. The minimum Gasteiger partial charge on any atom is -0.353 e. The molecule has 0 saturated carbocycles. The summed E-state index contributed by atoms with van der Waals surface area (Å²) in [5.74, 6) is 0. The van der Waals surface area contributed by atoms with Gasteiger partial charge in [0.25, 0.3) is 0 Å². The molecule has 0 bridgehead atoms. The molecule has 1 aliphatic carbocycles. The smallest absolute Gasteiger partial charge is 0.158 e. The summed E-state index contributed by atoms with van der Waals surface area (Å²) >= 11 is 3.77. The van der Waals surface area contributed by atoms with Crippen LogP contribution in [-0.4, -0.2) is 17.7 Å². The van der Waals surface area contributed by atoms with Crippen LogP contribution < -0.4 is 0 Å². The first-order chi connectivity index (χ1) is 8.84. The van der Waals surface area contributed by atoms with E-state index in [2.05, 4.69) is 40.2 Å². The van der Waals surface area contributed by atoms with Gasteiger partial charge in [-0.15, -0.1) is 0 Å². The van der Waals surface area contributed by atoms with E-state index in [9.17, 15) is 0 Å². The molecule has 3 heteroatoms. The van der Waals surface area contributed by atoms with Crippen LogP contribution in [-0.2, 0) is 15.9 Å². The minimum absolute atomic E-state index is 0.0186. The number of benzene rings is 1. The minimum atomic E-state index is -0.0186. The van der Waals surface area contributed by atoms with E-state index in [0.717, 1.165) is 25.9 Å². The van der Waals surface area contributed by atoms with Crippen LogP contribution in [0.2, 0.25) is 0 Å². The van der Waals surface area contributed by atoms with E-state index < -0.39 is 0 Å². The highest BCUT2D eigenvalue weighted by atomic mass is 79.9. The Morgan fingerprint density at radius 2 is 2.06 bits per heavy atom. The molecular formula is C15H19BrO2. The summed E-state index contributed by atoms with van der Waals surface area (Å²) < 4.78 is 11.9. The Bertz CT molecular complexity index is 401.